The summed E-state index contributed by atoms with van der Waals surface area (Å²) in [4.78, 5) is 10.3. The second kappa shape index (κ2) is 4.55. The molecule has 0 aromatic heterocycles. The standard InChI is InChI=1S/C11H11FO/c1-2-3-4-9-5-6-10(8-13)11(12)7-9/h2,5-8H,1,3-4H2. The topological polar surface area (TPSA) is 17.1 Å². The van der Waals surface area contributed by atoms with Gasteiger partial charge >= 0.3 is 0 Å². The quantitative estimate of drug-likeness (QED) is 0.511. The summed E-state index contributed by atoms with van der Waals surface area (Å²) in [5.74, 6) is -0.448. The maximum atomic E-state index is 13.0. The summed E-state index contributed by atoms with van der Waals surface area (Å²) in [6.07, 6.45) is 3.89. The first-order valence-corrected chi connectivity index (χ1v) is 4.12. The Hall–Kier alpha value is -1.44. The fraction of sp³-hybridized carbons (Fsp3) is 0.182. The van der Waals surface area contributed by atoms with Gasteiger partial charge in [-0.25, -0.2) is 4.39 Å². The summed E-state index contributed by atoms with van der Waals surface area (Å²) in [6.45, 7) is 3.58. The van der Waals surface area contributed by atoms with Crippen LogP contribution in [0.1, 0.15) is 22.3 Å². The monoisotopic (exact) mass is 178 g/mol. The van der Waals surface area contributed by atoms with Crippen LogP contribution in [-0.4, -0.2) is 6.29 Å². The number of benzene rings is 1. The normalized spacial score (nSPS) is 9.62. The molecule has 0 radical (unpaired) electrons. The molecule has 68 valence electrons. The van der Waals surface area contributed by atoms with Crippen molar-refractivity contribution in [3.63, 3.8) is 0 Å². The van der Waals surface area contributed by atoms with Gasteiger partial charge in [0.25, 0.3) is 0 Å². The van der Waals surface area contributed by atoms with Gasteiger partial charge < -0.3 is 0 Å². The minimum Gasteiger partial charge on any atom is -0.298 e. The fourth-order valence-corrected chi connectivity index (χ4v) is 1.09. The Bertz CT molecular complexity index is 318. The number of rotatable bonds is 4. The van der Waals surface area contributed by atoms with Crippen molar-refractivity contribution in [2.75, 3.05) is 0 Å². The highest BCUT2D eigenvalue weighted by Gasteiger charge is 2.01. The molecule has 13 heavy (non-hydrogen) atoms. The van der Waals surface area contributed by atoms with Crippen molar-refractivity contribution in [2.24, 2.45) is 0 Å². The van der Waals surface area contributed by atoms with E-state index in [4.69, 9.17) is 0 Å². The molecule has 0 atom stereocenters. The number of aryl methyl sites for hydroxylation is 1. The number of carbonyl (C=O) groups excluding carboxylic acids is 1. The highest BCUT2D eigenvalue weighted by Crippen LogP contribution is 2.10. The third kappa shape index (κ3) is 2.51. The van der Waals surface area contributed by atoms with Gasteiger partial charge in [0.15, 0.2) is 6.29 Å². The lowest BCUT2D eigenvalue weighted by Gasteiger charge is -1.99. The van der Waals surface area contributed by atoms with E-state index >= 15 is 0 Å². The smallest absolute Gasteiger partial charge is 0.152 e. The molecule has 0 amide bonds. The fourth-order valence-electron chi connectivity index (χ4n) is 1.09. The molecule has 0 fully saturated rings. The van der Waals surface area contributed by atoms with E-state index in [0.29, 0.717) is 6.29 Å². The average molecular weight is 178 g/mol. The lowest BCUT2D eigenvalue weighted by atomic mass is 10.1. The van der Waals surface area contributed by atoms with Crippen molar-refractivity contribution in [1.82, 2.24) is 0 Å². The molecule has 0 aliphatic carbocycles. The Morgan fingerprint density at radius 1 is 1.46 bits per heavy atom. The van der Waals surface area contributed by atoms with Gasteiger partial charge in [0.05, 0.1) is 5.56 Å². The molecular formula is C11H11FO. The molecule has 2 heteroatoms. The average Bonchev–Trinajstić information content (AvgIpc) is 2.15. The first-order chi connectivity index (χ1) is 6.27. The van der Waals surface area contributed by atoms with Gasteiger partial charge in [-0.1, -0.05) is 12.1 Å². The van der Waals surface area contributed by atoms with E-state index in [1.807, 2.05) is 0 Å². The Morgan fingerprint density at radius 3 is 2.77 bits per heavy atom. The van der Waals surface area contributed by atoms with E-state index in [0.717, 1.165) is 18.4 Å². The first kappa shape index (κ1) is 9.65. The van der Waals surface area contributed by atoms with Gasteiger partial charge in [0.1, 0.15) is 5.82 Å². The summed E-state index contributed by atoms with van der Waals surface area (Å²) in [7, 11) is 0. The molecule has 0 heterocycles. The van der Waals surface area contributed by atoms with Crippen molar-refractivity contribution in [3.8, 4) is 0 Å². The third-order valence-electron chi connectivity index (χ3n) is 1.83. The van der Waals surface area contributed by atoms with Crippen LogP contribution in [0.5, 0.6) is 0 Å². The van der Waals surface area contributed by atoms with E-state index in [2.05, 4.69) is 6.58 Å². The minimum atomic E-state index is -0.448. The summed E-state index contributed by atoms with van der Waals surface area (Å²) in [6, 6.07) is 4.66. The van der Waals surface area contributed by atoms with Gasteiger partial charge in [0.2, 0.25) is 0 Å². The van der Waals surface area contributed by atoms with Crippen LogP contribution in [0, 0.1) is 5.82 Å². The number of hydrogen-bond acceptors (Lipinski definition) is 1. The Balaban J connectivity index is 2.82. The van der Waals surface area contributed by atoms with E-state index < -0.39 is 5.82 Å². The highest BCUT2D eigenvalue weighted by atomic mass is 19.1. The largest absolute Gasteiger partial charge is 0.298 e. The van der Waals surface area contributed by atoms with Crippen LogP contribution >= 0.6 is 0 Å². The Labute approximate surface area is 76.9 Å². The molecule has 0 bridgehead atoms. The van der Waals surface area contributed by atoms with Gasteiger partial charge in [0, 0.05) is 0 Å². The van der Waals surface area contributed by atoms with Crippen molar-refractivity contribution < 1.29 is 9.18 Å². The number of halogens is 1. The lowest BCUT2D eigenvalue weighted by molar-refractivity contribution is 0.112. The lowest BCUT2D eigenvalue weighted by Crippen LogP contribution is -1.91. The zero-order valence-corrected chi connectivity index (χ0v) is 7.29. The maximum Gasteiger partial charge on any atom is 0.152 e. The van der Waals surface area contributed by atoms with Crippen LogP contribution in [0.2, 0.25) is 0 Å². The van der Waals surface area contributed by atoms with Crippen LogP contribution in [0.25, 0.3) is 0 Å². The predicted molar refractivity (Wildman–Crippen MR) is 50.3 cm³/mol. The molecule has 1 aromatic carbocycles. The zero-order chi connectivity index (χ0) is 9.68. The molecule has 0 aliphatic rings. The SMILES string of the molecule is C=CCCc1ccc(C=O)c(F)c1. The first-order valence-electron chi connectivity index (χ1n) is 4.12. The van der Waals surface area contributed by atoms with Gasteiger partial charge in [-0.2, -0.15) is 0 Å². The van der Waals surface area contributed by atoms with Crippen molar-refractivity contribution in [2.45, 2.75) is 12.8 Å². The second-order valence-electron chi connectivity index (χ2n) is 2.80. The Morgan fingerprint density at radius 2 is 2.23 bits per heavy atom. The number of allylic oxidation sites excluding steroid dienone is 1. The molecule has 1 aromatic rings. The molecule has 0 N–H and O–H groups in total. The van der Waals surface area contributed by atoms with Crippen LogP contribution in [0.4, 0.5) is 4.39 Å². The van der Waals surface area contributed by atoms with Crippen molar-refractivity contribution in [3.05, 3.63) is 47.8 Å². The van der Waals surface area contributed by atoms with Crippen LogP contribution in [0.3, 0.4) is 0 Å². The Kier molecular flexibility index (Phi) is 3.38. The summed E-state index contributed by atoms with van der Waals surface area (Å²) < 4.78 is 13.0. The van der Waals surface area contributed by atoms with Crippen LogP contribution in [-0.2, 0) is 6.42 Å². The number of hydrogen-bond donors (Lipinski definition) is 0. The summed E-state index contributed by atoms with van der Waals surface area (Å²) in [5, 5.41) is 0. The minimum absolute atomic E-state index is 0.113. The van der Waals surface area contributed by atoms with Crippen molar-refractivity contribution in [1.29, 1.82) is 0 Å². The van der Waals surface area contributed by atoms with Crippen LogP contribution < -0.4 is 0 Å². The molecule has 1 rings (SSSR count). The number of carbonyl (C=O) groups is 1. The summed E-state index contributed by atoms with van der Waals surface area (Å²) >= 11 is 0. The van der Waals surface area contributed by atoms with Crippen molar-refractivity contribution >= 4 is 6.29 Å². The molecule has 1 nitrogen and oxygen atoms in total. The second-order valence-corrected chi connectivity index (χ2v) is 2.80. The predicted octanol–water partition coefficient (Wildman–Crippen LogP) is 2.76. The molecular weight excluding hydrogens is 167 g/mol. The molecule has 0 aliphatic heterocycles. The molecule has 0 saturated carbocycles. The zero-order valence-electron chi connectivity index (χ0n) is 7.29. The van der Waals surface area contributed by atoms with E-state index in [1.54, 1.807) is 12.1 Å². The van der Waals surface area contributed by atoms with Crippen LogP contribution in [0.15, 0.2) is 30.9 Å². The summed E-state index contributed by atoms with van der Waals surface area (Å²) in [5.41, 5.74) is 1.00. The maximum absolute atomic E-state index is 13.0. The highest BCUT2D eigenvalue weighted by molar-refractivity contribution is 5.75. The van der Waals surface area contributed by atoms with Gasteiger partial charge in [-0.05, 0) is 30.5 Å². The van der Waals surface area contributed by atoms with Gasteiger partial charge in [-0.3, -0.25) is 4.79 Å². The number of aldehydes is 1. The van der Waals surface area contributed by atoms with E-state index in [-0.39, 0.29) is 5.56 Å². The van der Waals surface area contributed by atoms with E-state index in [1.165, 1.54) is 12.1 Å². The molecule has 0 saturated heterocycles. The van der Waals surface area contributed by atoms with E-state index in [9.17, 15) is 9.18 Å². The van der Waals surface area contributed by atoms with Gasteiger partial charge in [-0.15, -0.1) is 6.58 Å². The third-order valence-corrected chi connectivity index (χ3v) is 1.83. The molecule has 0 unspecified atom stereocenters. The molecule has 0 spiro atoms.